The van der Waals surface area contributed by atoms with Crippen LogP contribution >= 0.6 is 11.6 Å². The summed E-state index contributed by atoms with van der Waals surface area (Å²) >= 11 is 6.25. The first-order valence-electron chi connectivity index (χ1n) is 13.2. The van der Waals surface area contributed by atoms with Crippen LogP contribution in [0.3, 0.4) is 0 Å². The Balaban J connectivity index is 1.10. The van der Waals surface area contributed by atoms with Crippen LogP contribution in [-0.2, 0) is 28.5 Å². The Labute approximate surface area is 232 Å². The molecule has 0 aliphatic carbocycles. The van der Waals surface area contributed by atoms with Crippen molar-refractivity contribution in [2.75, 3.05) is 84.0 Å². The molecular weight excluding hydrogens is 530 g/mol. The first kappa shape index (κ1) is 29.5. The second kappa shape index (κ2) is 15.3. The van der Waals surface area contributed by atoms with Crippen LogP contribution in [-0.4, -0.2) is 111 Å². The molecule has 4 rings (SSSR count). The van der Waals surface area contributed by atoms with Gasteiger partial charge in [-0.05, 0) is 30.5 Å². The number of aliphatic hydroxyl groups is 1. The first-order chi connectivity index (χ1) is 19.1. The van der Waals surface area contributed by atoms with Crippen molar-refractivity contribution in [3.8, 4) is 12.3 Å². The van der Waals surface area contributed by atoms with Crippen LogP contribution < -0.4 is 10.2 Å². The van der Waals surface area contributed by atoms with E-state index in [1.165, 1.54) is 0 Å². The van der Waals surface area contributed by atoms with Gasteiger partial charge >= 0.3 is 0 Å². The predicted octanol–water partition coefficient (Wildman–Crippen LogP) is 1.01. The highest BCUT2D eigenvalue weighted by Gasteiger charge is 2.35. The van der Waals surface area contributed by atoms with E-state index in [4.69, 9.17) is 41.7 Å². The SMILES string of the molecule is C#CCOCCOCCOCCOCCNC(=O)C1CN(c2nc(Cl)nc3c2ccn3C2CCC(CO)O2)C1. The van der Waals surface area contributed by atoms with Crippen LogP contribution in [0, 0.1) is 18.3 Å². The number of carbonyl (C=O) groups is 1. The van der Waals surface area contributed by atoms with Gasteiger partial charge in [0.05, 0.1) is 70.3 Å². The maximum absolute atomic E-state index is 12.5. The number of amides is 1. The molecule has 2 fully saturated rings. The molecule has 2 atom stereocenters. The number of terminal acetylenes is 1. The lowest BCUT2D eigenvalue weighted by Crippen LogP contribution is -2.54. The third kappa shape index (κ3) is 8.25. The average molecular weight is 566 g/mol. The first-order valence-corrected chi connectivity index (χ1v) is 13.6. The van der Waals surface area contributed by atoms with Crippen molar-refractivity contribution in [2.24, 2.45) is 5.92 Å². The molecule has 0 saturated carbocycles. The topological polar surface area (TPSA) is 129 Å². The van der Waals surface area contributed by atoms with Crippen molar-refractivity contribution in [1.29, 1.82) is 0 Å². The van der Waals surface area contributed by atoms with Crippen LogP contribution in [0.15, 0.2) is 12.3 Å². The summed E-state index contributed by atoms with van der Waals surface area (Å²) in [5.41, 5.74) is 0.681. The zero-order chi connectivity index (χ0) is 27.5. The Hall–Kier alpha value is -2.50. The summed E-state index contributed by atoms with van der Waals surface area (Å²) in [7, 11) is 0. The minimum absolute atomic E-state index is 0.00350. The van der Waals surface area contributed by atoms with Gasteiger partial charge in [0.2, 0.25) is 11.2 Å². The monoisotopic (exact) mass is 565 g/mol. The quantitative estimate of drug-likeness (QED) is 0.163. The normalized spacial score (nSPS) is 19.4. The molecule has 4 heterocycles. The van der Waals surface area contributed by atoms with Gasteiger partial charge in [-0.25, -0.2) is 0 Å². The summed E-state index contributed by atoms with van der Waals surface area (Å²) in [6.07, 6.45) is 8.20. The Bertz CT molecular complexity index is 1100. The molecule has 2 saturated heterocycles. The molecule has 1 amide bonds. The average Bonchev–Trinajstić information content (AvgIpc) is 3.55. The molecule has 2 unspecified atom stereocenters. The van der Waals surface area contributed by atoms with Crippen LogP contribution in [0.1, 0.15) is 19.1 Å². The molecule has 12 nitrogen and oxygen atoms in total. The molecule has 2 aliphatic heterocycles. The molecular formula is C26H36ClN5O7. The second-order valence-electron chi connectivity index (χ2n) is 9.24. The second-order valence-corrected chi connectivity index (χ2v) is 9.57. The number of nitrogens with one attached hydrogen (secondary N) is 1. The number of aromatic nitrogens is 3. The Morgan fingerprint density at radius 2 is 1.79 bits per heavy atom. The number of rotatable bonds is 17. The summed E-state index contributed by atoms with van der Waals surface area (Å²) in [5, 5.41) is 13.3. The minimum Gasteiger partial charge on any atom is -0.394 e. The molecule has 2 aromatic rings. The van der Waals surface area contributed by atoms with Crippen molar-refractivity contribution in [3.05, 3.63) is 17.5 Å². The van der Waals surface area contributed by atoms with E-state index in [1.54, 1.807) is 0 Å². The lowest BCUT2D eigenvalue weighted by Gasteiger charge is -2.39. The molecule has 2 aromatic heterocycles. The molecule has 0 spiro atoms. The summed E-state index contributed by atoms with van der Waals surface area (Å²) < 4.78 is 29.2. The van der Waals surface area contributed by atoms with E-state index >= 15 is 0 Å². The number of ether oxygens (including phenoxy) is 5. The van der Waals surface area contributed by atoms with Crippen molar-refractivity contribution < 1.29 is 33.6 Å². The van der Waals surface area contributed by atoms with Gasteiger partial charge in [0.25, 0.3) is 0 Å². The van der Waals surface area contributed by atoms with E-state index in [-0.39, 0.29) is 36.0 Å². The van der Waals surface area contributed by atoms with Crippen LogP contribution in [0.5, 0.6) is 0 Å². The number of halogens is 1. The smallest absolute Gasteiger partial charge is 0.226 e. The van der Waals surface area contributed by atoms with E-state index in [2.05, 4.69) is 21.2 Å². The minimum atomic E-state index is -0.202. The van der Waals surface area contributed by atoms with Crippen molar-refractivity contribution in [2.45, 2.75) is 25.2 Å². The van der Waals surface area contributed by atoms with Gasteiger partial charge in [-0.15, -0.1) is 6.42 Å². The number of nitrogens with zero attached hydrogens (tertiary/aromatic N) is 4. The highest BCUT2D eigenvalue weighted by Crippen LogP contribution is 2.35. The molecule has 214 valence electrons. The highest BCUT2D eigenvalue weighted by molar-refractivity contribution is 6.28. The Morgan fingerprint density at radius 1 is 1.10 bits per heavy atom. The van der Waals surface area contributed by atoms with Crippen LogP contribution in [0.25, 0.3) is 11.0 Å². The zero-order valence-electron chi connectivity index (χ0n) is 21.9. The van der Waals surface area contributed by atoms with Gasteiger partial charge in [-0.2, -0.15) is 9.97 Å². The van der Waals surface area contributed by atoms with E-state index in [9.17, 15) is 9.90 Å². The Morgan fingerprint density at radius 3 is 2.46 bits per heavy atom. The van der Waals surface area contributed by atoms with E-state index in [1.807, 2.05) is 21.7 Å². The van der Waals surface area contributed by atoms with E-state index in [0.717, 1.165) is 18.2 Å². The van der Waals surface area contributed by atoms with E-state index in [0.29, 0.717) is 84.0 Å². The third-order valence-electron chi connectivity index (χ3n) is 6.52. The third-order valence-corrected chi connectivity index (χ3v) is 6.69. The van der Waals surface area contributed by atoms with Gasteiger partial charge in [0.1, 0.15) is 24.3 Å². The lowest BCUT2D eigenvalue weighted by molar-refractivity contribution is -0.126. The molecule has 39 heavy (non-hydrogen) atoms. The number of carbonyl (C=O) groups excluding carboxylic acids is 1. The molecule has 2 aliphatic rings. The fourth-order valence-corrected chi connectivity index (χ4v) is 4.65. The Kier molecular flexibility index (Phi) is 11.6. The van der Waals surface area contributed by atoms with Crippen molar-refractivity contribution in [1.82, 2.24) is 19.9 Å². The number of hydrogen-bond acceptors (Lipinski definition) is 10. The number of fused-ring (bicyclic) bond motifs is 1. The van der Waals surface area contributed by atoms with Gasteiger partial charge in [-0.3, -0.25) is 4.79 Å². The number of anilines is 1. The maximum Gasteiger partial charge on any atom is 0.226 e. The summed E-state index contributed by atoms with van der Waals surface area (Å²) in [6.45, 7) is 4.99. The number of hydrogen-bond donors (Lipinski definition) is 2. The van der Waals surface area contributed by atoms with Gasteiger partial charge in [-0.1, -0.05) is 5.92 Å². The highest BCUT2D eigenvalue weighted by atomic mass is 35.5. The molecule has 0 aromatic carbocycles. The van der Waals surface area contributed by atoms with Gasteiger partial charge in [0.15, 0.2) is 0 Å². The molecule has 2 N–H and O–H groups in total. The number of aliphatic hydroxyl groups excluding tert-OH is 1. The van der Waals surface area contributed by atoms with Gasteiger partial charge in [0, 0.05) is 25.8 Å². The van der Waals surface area contributed by atoms with Crippen LogP contribution in [0.2, 0.25) is 5.28 Å². The van der Waals surface area contributed by atoms with Gasteiger partial charge < -0.3 is 43.6 Å². The maximum atomic E-state index is 12.5. The molecule has 13 heteroatoms. The molecule has 0 bridgehead atoms. The fraction of sp³-hybridized carbons (Fsp3) is 0.654. The van der Waals surface area contributed by atoms with Crippen LogP contribution in [0.4, 0.5) is 5.82 Å². The van der Waals surface area contributed by atoms with Crippen molar-refractivity contribution >= 4 is 34.4 Å². The summed E-state index contributed by atoms with van der Waals surface area (Å²) in [6, 6.07) is 1.94. The fourth-order valence-electron chi connectivity index (χ4n) is 4.49. The standard InChI is InChI=1S/C26H36ClN5O7/c1-2-8-35-10-12-37-14-15-38-13-11-36-9-6-28-25(34)19-16-31(17-19)23-21-5-7-32(24(21)30-26(27)29-23)22-4-3-20(18-33)39-22/h1,5,7,19-20,22,33H,3-4,6,8-18H2,(H,28,34). The van der Waals surface area contributed by atoms with Crippen molar-refractivity contribution in [3.63, 3.8) is 0 Å². The van der Waals surface area contributed by atoms with E-state index < -0.39 is 0 Å². The largest absolute Gasteiger partial charge is 0.394 e. The zero-order valence-corrected chi connectivity index (χ0v) is 22.7. The summed E-state index contributed by atoms with van der Waals surface area (Å²) in [4.78, 5) is 23.4. The summed E-state index contributed by atoms with van der Waals surface area (Å²) in [5.74, 6) is 2.94. The predicted molar refractivity (Wildman–Crippen MR) is 144 cm³/mol. The lowest BCUT2D eigenvalue weighted by atomic mass is 9.99. The molecule has 0 radical (unpaired) electrons.